The minimum atomic E-state index is -1.80. The van der Waals surface area contributed by atoms with E-state index in [4.69, 9.17) is 28.4 Å². The van der Waals surface area contributed by atoms with Crippen LogP contribution in [0.25, 0.3) is 0 Å². The Morgan fingerprint density at radius 1 is 0.667 bits per heavy atom. The van der Waals surface area contributed by atoms with E-state index in [2.05, 4.69) is 46.8 Å². The fourth-order valence-electron chi connectivity index (χ4n) is 14.5. The lowest BCUT2D eigenvalue weighted by Crippen LogP contribution is -2.66. The van der Waals surface area contributed by atoms with Crippen LogP contribution in [-0.4, -0.2) is 193 Å². The van der Waals surface area contributed by atoms with Crippen LogP contribution in [0.1, 0.15) is 99.3 Å². The average molecular weight is 943 g/mol. The van der Waals surface area contributed by atoms with Crippen LogP contribution in [0, 0.1) is 44.3 Å². The molecule has 23 unspecified atom stereocenters. The summed E-state index contributed by atoms with van der Waals surface area (Å²) in [6.45, 7) is 11.4. The van der Waals surface area contributed by atoms with Gasteiger partial charge in [-0.05, 0) is 85.0 Å². The molecule has 378 valence electrons. The first kappa shape index (κ1) is 51.1. The number of rotatable bonds is 11. The number of ether oxygens (including phenoxy) is 6. The summed E-state index contributed by atoms with van der Waals surface area (Å²) in [5.41, 5.74) is -0.0802. The van der Waals surface area contributed by atoms with Crippen molar-refractivity contribution in [3.8, 4) is 0 Å². The maximum absolute atomic E-state index is 12.1. The van der Waals surface area contributed by atoms with Crippen molar-refractivity contribution in [2.75, 3.05) is 33.0 Å². The molecule has 18 heteroatoms. The smallest absolute Gasteiger partial charge is 0.187 e. The zero-order valence-corrected chi connectivity index (χ0v) is 39.3. The summed E-state index contributed by atoms with van der Waals surface area (Å²) in [7, 11) is 0. The van der Waals surface area contributed by atoms with Gasteiger partial charge in [0.1, 0.15) is 54.9 Å². The molecular formula is C48H78O18. The van der Waals surface area contributed by atoms with E-state index in [-0.39, 0.29) is 54.3 Å². The molecule has 3 aliphatic heterocycles. The van der Waals surface area contributed by atoms with Crippen LogP contribution in [-0.2, 0) is 28.4 Å². The van der Waals surface area contributed by atoms with Gasteiger partial charge in [-0.25, -0.2) is 0 Å². The van der Waals surface area contributed by atoms with Gasteiger partial charge in [-0.15, -0.1) is 0 Å². The van der Waals surface area contributed by atoms with Gasteiger partial charge in [0.2, 0.25) is 0 Å². The third-order valence-corrected chi connectivity index (χ3v) is 18.8. The van der Waals surface area contributed by atoms with Gasteiger partial charge in [-0.2, -0.15) is 0 Å². The van der Waals surface area contributed by atoms with Gasteiger partial charge < -0.3 is 89.7 Å². The Kier molecular flexibility index (Phi) is 14.3. The van der Waals surface area contributed by atoms with E-state index in [0.717, 1.165) is 32.1 Å². The summed E-state index contributed by atoms with van der Waals surface area (Å²) < 4.78 is 36.5. The standard InChI is InChI=1S/C48H78O18/c1-43(2)13-14-48(22-52)25(16-43)24-7-8-30-44(3)11-10-32(45(4,21-51)29(44)9-12-46(30,5)47(24,6)17-31(48)54)65-42-39(66-41-38(60)36(58)34(56)28(19-50)64-41)26(53)15-23(62-42)20-61-40-37(59)35(57)33(55)27(18-49)63-40/h7-8,23,26-42,49-60H,9-22H2,1-6H3. The summed E-state index contributed by atoms with van der Waals surface area (Å²) in [6.07, 6.45) is -12.2. The van der Waals surface area contributed by atoms with Gasteiger partial charge in [0.05, 0.1) is 57.5 Å². The molecule has 3 heterocycles. The van der Waals surface area contributed by atoms with Crippen molar-refractivity contribution >= 4 is 0 Å². The molecule has 12 N–H and O–H groups in total. The second-order valence-corrected chi connectivity index (χ2v) is 23.0. The average Bonchev–Trinajstić information content (AvgIpc) is 3.27. The first-order valence-corrected chi connectivity index (χ1v) is 24.2. The van der Waals surface area contributed by atoms with E-state index in [0.29, 0.717) is 19.3 Å². The lowest BCUT2D eigenvalue weighted by molar-refractivity contribution is -0.371. The Hall–Kier alpha value is -1.24. The molecule has 8 rings (SSSR count). The highest BCUT2D eigenvalue weighted by Crippen LogP contribution is 2.74. The van der Waals surface area contributed by atoms with Crippen LogP contribution in [0.2, 0.25) is 0 Å². The fraction of sp³-hybridized carbons (Fsp3) is 0.917. The summed E-state index contributed by atoms with van der Waals surface area (Å²) >= 11 is 0. The molecule has 0 aromatic carbocycles. The zero-order chi connectivity index (χ0) is 48.1. The molecule has 0 aromatic rings. The zero-order valence-electron chi connectivity index (χ0n) is 39.3. The Morgan fingerprint density at radius 2 is 1.30 bits per heavy atom. The minimum absolute atomic E-state index is 0.0316. The molecule has 0 amide bonds. The number of aliphatic hydroxyl groups excluding tert-OH is 12. The Balaban J connectivity index is 1.07. The van der Waals surface area contributed by atoms with Crippen LogP contribution >= 0.6 is 0 Å². The van der Waals surface area contributed by atoms with Crippen molar-refractivity contribution in [3.05, 3.63) is 23.3 Å². The van der Waals surface area contributed by atoms with Crippen LogP contribution in [0.3, 0.4) is 0 Å². The van der Waals surface area contributed by atoms with E-state index < -0.39 is 128 Å². The molecule has 3 saturated carbocycles. The van der Waals surface area contributed by atoms with Crippen molar-refractivity contribution < 1.29 is 89.7 Å². The summed E-state index contributed by atoms with van der Waals surface area (Å²) in [5.74, 6) is -0.0362. The molecule has 0 radical (unpaired) electrons. The van der Waals surface area contributed by atoms with Gasteiger partial charge in [0, 0.05) is 22.7 Å². The lowest BCUT2D eigenvalue weighted by Gasteiger charge is -2.70. The highest BCUT2D eigenvalue weighted by atomic mass is 16.8. The lowest BCUT2D eigenvalue weighted by atomic mass is 9.35. The SMILES string of the molecule is CC1(C)CCC2(CO)C(=C3C=CC4C5(C)CCC(OC6OC(COC7OC(CO)C(O)C(O)C7O)CC(O)C6OC6OC(CO)C(O)C(O)C6O)C(C)(CO)C5CCC4(C)C3(C)CC2O)C1. The normalized spacial score (nSPS) is 53.7. The monoisotopic (exact) mass is 943 g/mol. The van der Waals surface area contributed by atoms with Crippen LogP contribution in [0.5, 0.6) is 0 Å². The predicted molar refractivity (Wildman–Crippen MR) is 231 cm³/mol. The van der Waals surface area contributed by atoms with Crippen LogP contribution < -0.4 is 0 Å². The third-order valence-electron chi connectivity index (χ3n) is 18.8. The number of hydrogen-bond donors (Lipinski definition) is 12. The van der Waals surface area contributed by atoms with Crippen molar-refractivity contribution in [2.45, 2.75) is 198 Å². The van der Waals surface area contributed by atoms with Crippen LogP contribution in [0.15, 0.2) is 23.3 Å². The summed E-state index contributed by atoms with van der Waals surface area (Å²) in [5, 5.41) is 129. The molecule has 66 heavy (non-hydrogen) atoms. The van der Waals surface area contributed by atoms with E-state index in [1.54, 1.807) is 0 Å². The highest BCUT2D eigenvalue weighted by molar-refractivity contribution is 5.47. The topological polar surface area (TPSA) is 298 Å². The number of aliphatic hydroxyl groups is 12. The quantitative estimate of drug-likeness (QED) is 0.116. The van der Waals surface area contributed by atoms with Gasteiger partial charge in [0.15, 0.2) is 18.9 Å². The van der Waals surface area contributed by atoms with E-state index in [1.165, 1.54) is 11.1 Å². The van der Waals surface area contributed by atoms with Gasteiger partial charge in [-0.1, -0.05) is 59.3 Å². The largest absolute Gasteiger partial charge is 0.396 e. The van der Waals surface area contributed by atoms with Crippen LogP contribution in [0.4, 0.5) is 0 Å². The highest BCUT2D eigenvalue weighted by Gasteiger charge is 2.69. The molecule has 23 atom stereocenters. The first-order chi connectivity index (χ1) is 31.0. The number of allylic oxidation sites excluding steroid dienone is 3. The molecule has 0 bridgehead atoms. The van der Waals surface area contributed by atoms with Crippen molar-refractivity contribution in [1.82, 2.24) is 0 Å². The Morgan fingerprint density at radius 3 is 1.92 bits per heavy atom. The Bertz CT molecular complexity index is 1790. The maximum Gasteiger partial charge on any atom is 0.187 e. The van der Waals surface area contributed by atoms with Crippen molar-refractivity contribution in [3.63, 3.8) is 0 Å². The van der Waals surface area contributed by atoms with Gasteiger partial charge in [0.25, 0.3) is 0 Å². The Labute approximate surface area is 387 Å². The number of fused-ring (bicyclic) bond motifs is 6. The first-order valence-electron chi connectivity index (χ1n) is 24.2. The van der Waals surface area contributed by atoms with Gasteiger partial charge in [-0.3, -0.25) is 0 Å². The second-order valence-electron chi connectivity index (χ2n) is 23.0. The molecule has 8 aliphatic rings. The molecule has 5 aliphatic carbocycles. The minimum Gasteiger partial charge on any atom is -0.396 e. The van der Waals surface area contributed by atoms with Crippen molar-refractivity contribution in [2.24, 2.45) is 44.3 Å². The number of hydrogen-bond acceptors (Lipinski definition) is 18. The molecule has 0 spiro atoms. The maximum atomic E-state index is 12.1. The molecule has 18 nitrogen and oxygen atoms in total. The van der Waals surface area contributed by atoms with Crippen molar-refractivity contribution in [1.29, 1.82) is 0 Å². The second kappa shape index (κ2) is 18.4. The van der Waals surface area contributed by atoms with Gasteiger partial charge >= 0.3 is 0 Å². The third kappa shape index (κ3) is 8.02. The van der Waals surface area contributed by atoms with E-state index in [1.807, 2.05) is 6.92 Å². The molecule has 3 saturated heterocycles. The summed E-state index contributed by atoms with van der Waals surface area (Å²) in [6, 6.07) is 0. The molecular weight excluding hydrogens is 865 g/mol. The summed E-state index contributed by atoms with van der Waals surface area (Å²) in [4.78, 5) is 0. The predicted octanol–water partition coefficient (Wildman–Crippen LogP) is -0.494. The van der Waals surface area contributed by atoms with E-state index >= 15 is 0 Å². The molecule has 0 aromatic heterocycles. The van der Waals surface area contributed by atoms with E-state index in [9.17, 15) is 61.3 Å². The molecule has 6 fully saturated rings. The fourth-order valence-corrected chi connectivity index (χ4v) is 14.5.